The fraction of sp³-hybridized carbons (Fsp3) is 0.556. The molecule has 1 aromatic carbocycles. The predicted molar refractivity (Wildman–Crippen MR) is 94.4 cm³/mol. The molecule has 1 atom stereocenters. The van der Waals surface area contributed by atoms with Crippen molar-refractivity contribution >= 4 is 12.1 Å². The number of hydrogen-bond donors (Lipinski definition) is 1. The summed E-state index contributed by atoms with van der Waals surface area (Å²) in [6.07, 6.45) is 1.65. The van der Waals surface area contributed by atoms with Gasteiger partial charge in [-0.1, -0.05) is 31.1 Å². The summed E-state index contributed by atoms with van der Waals surface area (Å²) >= 11 is 0. The number of nitrogens with zero attached hydrogens (tertiary/aromatic N) is 2. The van der Waals surface area contributed by atoms with Crippen molar-refractivity contribution in [1.29, 1.82) is 0 Å². The van der Waals surface area contributed by atoms with Gasteiger partial charge < -0.3 is 14.9 Å². The van der Waals surface area contributed by atoms with Crippen LogP contribution < -0.4 is 5.32 Å². The molecule has 1 fully saturated rings. The second-order valence-electron chi connectivity index (χ2n) is 6.40. The van der Waals surface area contributed by atoms with Crippen molar-refractivity contribution in [3.8, 4) is 0 Å². The first-order valence-electron chi connectivity index (χ1n) is 8.37. The van der Waals surface area contributed by atoms with Crippen molar-refractivity contribution in [1.82, 2.24) is 10.2 Å². The molecule has 1 aromatic rings. The van der Waals surface area contributed by atoms with Crippen LogP contribution in [0.25, 0.3) is 0 Å². The Balaban J connectivity index is 1.81. The normalized spacial score (nSPS) is 18.9. The van der Waals surface area contributed by atoms with Crippen LogP contribution in [-0.2, 0) is 9.57 Å². The predicted octanol–water partition coefficient (Wildman–Crippen LogP) is 1.75. The van der Waals surface area contributed by atoms with E-state index in [0.29, 0.717) is 18.0 Å². The van der Waals surface area contributed by atoms with Gasteiger partial charge in [-0.15, -0.1) is 0 Å². The molecule has 1 amide bonds. The molecule has 24 heavy (non-hydrogen) atoms. The van der Waals surface area contributed by atoms with Crippen molar-refractivity contribution in [2.45, 2.75) is 20.0 Å². The van der Waals surface area contributed by atoms with E-state index in [-0.39, 0.29) is 12.0 Å². The van der Waals surface area contributed by atoms with Crippen LogP contribution >= 0.6 is 0 Å². The summed E-state index contributed by atoms with van der Waals surface area (Å²) < 4.78 is 5.75. The van der Waals surface area contributed by atoms with E-state index in [1.54, 1.807) is 18.3 Å². The van der Waals surface area contributed by atoms with Crippen LogP contribution in [0.1, 0.15) is 29.8 Å². The molecule has 132 valence electrons. The number of amides is 1. The van der Waals surface area contributed by atoms with Gasteiger partial charge in [0.2, 0.25) is 0 Å². The third-order valence-corrected chi connectivity index (χ3v) is 3.82. The summed E-state index contributed by atoms with van der Waals surface area (Å²) in [5.41, 5.74) is 1.51. The highest BCUT2D eigenvalue weighted by Gasteiger charge is 2.21. The minimum absolute atomic E-state index is 0.0505. The van der Waals surface area contributed by atoms with Crippen molar-refractivity contribution < 1.29 is 14.4 Å². The lowest BCUT2D eigenvalue weighted by molar-refractivity contribution is -0.0295. The molecule has 1 N–H and O–H groups in total. The molecular weight excluding hydrogens is 306 g/mol. The number of carbonyl (C=O) groups excluding carboxylic acids is 1. The Morgan fingerprint density at radius 1 is 1.46 bits per heavy atom. The molecule has 0 saturated carbocycles. The summed E-state index contributed by atoms with van der Waals surface area (Å²) in [6, 6.07) is 7.22. The summed E-state index contributed by atoms with van der Waals surface area (Å²) in [6.45, 7) is 8.58. The summed E-state index contributed by atoms with van der Waals surface area (Å²) in [5, 5.41) is 6.65. The zero-order valence-electron chi connectivity index (χ0n) is 14.7. The lowest BCUT2D eigenvalue weighted by atomic mass is 10.1. The molecule has 1 saturated heterocycles. The Morgan fingerprint density at radius 3 is 2.88 bits per heavy atom. The number of ether oxygens (including phenoxy) is 1. The van der Waals surface area contributed by atoms with Crippen LogP contribution in [0.2, 0.25) is 0 Å². The van der Waals surface area contributed by atoms with Gasteiger partial charge in [0, 0.05) is 31.7 Å². The summed E-state index contributed by atoms with van der Waals surface area (Å²) in [5.74, 6) is 0.549. The fourth-order valence-electron chi connectivity index (χ4n) is 2.73. The number of carbonyl (C=O) groups is 1. The number of oxime groups is 1. The molecule has 6 nitrogen and oxygen atoms in total. The molecule has 0 bridgehead atoms. The zero-order valence-corrected chi connectivity index (χ0v) is 14.7. The molecule has 0 spiro atoms. The maximum absolute atomic E-state index is 12.2. The Bertz CT molecular complexity index is 543. The largest absolute Gasteiger partial charge is 0.399 e. The van der Waals surface area contributed by atoms with E-state index >= 15 is 0 Å². The third-order valence-electron chi connectivity index (χ3n) is 3.82. The van der Waals surface area contributed by atoms with Crippen LogP contribution in [0.15, 0.2) is 29.4 Å². The highest BCUT2D eigenvalue weighted by Crippen LogP contribution is 2.08. The molecule has 0 aliphatic carbocycles. The van der Waals surface area contributed by atoms with Crippen LogP contribution in [0.3, 0.4) is 0 Å². The van der Waals surface area contributed by atoms with Gasteiger partial charge in [-0.2, -0.15) is 0 Å². The topological polar surface area (TPSA) is 63.2 Å². The van der Waals surface area contributed by atoms with E-state index in [1.807, 2.05) is 12.1 Å². The van der Waals surface area contributed by atoms with E-state index in [9.17, 15) is 4.79 Å². The fourth-order valence-corrected chi connectivity index (χ4v) is 2.73. The second kappa shape index (κ2) is 9.39. The van der Waals surface area contributed by atoms with Crippen molar-refractivity contribution in [2.24, 2.45) is 11.1 Å². The van der Waals surface area contributed by atoms with Gasteiger partial charge in [0.15, 0.2) is 0 Å². The molecule has 1 aliphatic rings. The second-order valence-corrected chi connectivity index (χ2v) is 6.40. The molecule has 0 aromatic heterocycles. The van der Waals surface area contributed by atoms with Crippen LogP contribution in [0.4, 0.5) is 0 Å². The van der Waals surface area contributed by atoms with Crippen molar-refractivity contribution in [3.63, 3.8) is 0 Å². The minimum Gasteiger partial charge on any atom is -0.399 e. The van der Waals surface area contributed by atoms with Crippen molar-refractivity contribution in [3.05, 3.63) is 35.4 Å². The first kappa shape index (κ1) is 18.4. The Labute approximate surface area is 143 Å². The standard InChI is InChI=1S/C18H27N3O3/c1-14(2)12-21-8-9-24-17(13-21)11-19-18(22)16-6-4-15(5-7-16)10-20-23-3/h4-7,10,14,17H,8-9,11-13H2,1-3H3,(H,19,22)/b20-10+. The average molecular weight is 333 g/mol. The van der Waals surface area contributed by atoms with Gasteiger partial charge in [0.05, 0.1) is 18.9 Å². The average Bonchev–Trinajstić information content (AvgIpc) is 2.58. The highest BCUT2D eigenvalue weighted by molar-refractivity contribution is 5.95. The third kappa shape index (κ3) is 5.94. The number of hydrogen-bond acceptors (Lipinski definition) is 5. The number of nitrogens with one attached hydrogen (secondary N) is 1. The zero-order chi connectivity index (χ0) is 17.4. The smallest absolute Gasteiger partial charge is 0.251 e. The molecule has 2 rings (SSSR count). The van der Waals surface area contributed by atoms with E-state index in [1.165, 1.54) is 7.11 Å². The van der Waals surface area contributed by atoms with Gasteiger partial charge in [-0.05, 0) is 23.6 Å². The Hall–Kier alpha value is -1.92. The van der Waals surface area contributed by atoms with Gasteiger partial charge in [0.25, 0.3) is 5.91 Å². The van der Waals surface area contributed by atoms with E-state index in [0.717, 1.165) is 31.8 Å². The monoisotopic (exact) mass is 333 g/mol. The molecule has 1 heterocycles. The van der Waals surface area contributed by atoms with Gasteiger partial charge in [-0.3, -0.25) is 9.69 Å². The van der Waals surface area contributed by atoms with E-state index < -0.39 is 0 Å². The van der Waals surface area contributed by atoms with Gasteiger partial charge in [0.1, 0.15) is 7.11 Å². The number of morpholine rings is 1. The molecule has 1 unspecified atom stereocenters. The summed E-state index contributed by atoms with van der Waals surface area (Å²) in [7, 11) is 1.49. The van der Waals surface area contributed by atoms with E-state index in [4.69, 9.17) is 4.74 Å². The number of rotatable bonds is 7. The molecule has 0 radical (unpaired) electrons. The van der Waals surface area contributed by atoms with Crippen LogP contribution in [0.5, 0.6) is 0 Å². The van der Waals surface area contributed by atoms with Crippen molar-refractivity contribution in [2.75, 3.05) is 39.9 Å². The quantitative estimate of drug-likeness (QED) is 0.610. The molecular formula is C18H27N3O3. The molecule has 6 heteroatoms. The maximum Gasteiger partial charge on any atom is 0.251 e. The highest BCUT2D eigenvalue weighted by atomic mass is 16.6. The minimum atomic E-state index is -0.0881. The van der Waals surface area contributed by atoms with Gasteiger partial charge >= 0.3 is 0 Å². The maximum atomic E-state index is 12.2. The van der Waals surface area contributed by atoms with Crippen LogP contribution in [0, 0.1) is 5.92 Å². The van der Waals surface area contributed by atoms with Crippen LogP contribution in [-0.4, -0.2) is 63.0 Å². The SMILES string of the molecule is CO/N=C/c1ccc(C(=O)NCC2CN(CC(C)C)CCO2)cc1. The number of benzene rings is 1. The summed E-state index contributed by atoms with van der Waals surface area (Å²) in [4.78, 5) is 19.3. The van der Waals surface area contributed by atoms with E-state index in [2.05, 4.69) is 34.1 Å². The lowest BCUT2D eigenvalue weighted by Crippen LogP contribution is -2.48. The first-order chi connectivity index (χ1) is 11.6. The Kier molecular flexibility index (Phi) is 7.21. The van der Waals surface area contributed by atoms with Gasteiger partial charge in [-0.25, -0.2) is 0 Å². The Morgan fingerprint density at radius 2 is 2.21 bits per heavy atom. The first-order valence-corrected chi connectivity index (χ1v) is 8.37. The molecule has 1 aliphatic heterocycles. The lowest BCUT2D eigenvalue weighted by Gasteiger charge is -2.33.